The number of hydrogen-bond acceptors (Lipinski definition) is 3. The Hall–Kier alpha value is -6.63. The first kappa shape index (κ1) is 37.4. The van der Waals surface area contributed by atoms with Gasteiger partial charge in [-0.25, -0.2) is 0 Å². The van der Waals surface area contributed by atoms with Gasteiger partial charge in [-0.15, -0.1) is 0 Å². The largest absolute Gasteiger partial charge is 0.403 e. The summed E-state index contributed by atoms with van der Waals surface area (Å²) in [6, 6.07) is 71.0. The molecule has 0 fully saturated rings. The van der Waals surface area contributed by atoms with Crippen LogP contribution in [0.4, 0.5) is 5.69 Å². The molecule has 0 amide bonds. The molecule has 1 heterocycles. The van der Waals surface area contributed by atoms with E-state index in [2.05, 4.69) is 220 Å². The van der Waals surface area contributed by atoms with Crippen molar-refractivity contribution in [2.45, 2.75) is 20.8 Å². The van der Waals surface area contributed by atoms with E-state index in [9.17, 15) is 0 Å². The highest BCUT2D eigenvalue weighted by Crippen LogP contribution is 2.51. The summed E-state index contributed by atoms with van der Waals surface area (Å²) in [4.78, 5) is 0. The predicted octanol–water partition coefficient (Wildman–Crippen LogP) is 15.2. The first-order valence-corrected chi connectivity index (χ1v) is 23.5. The Morgan fingerprint density at radius 2 is 0.869 bits per heavy atom. The van der Waals surface area contributed by atoms with Crippen LogP contribution in [-0.4, -0.2) is 6.54 Å². The first-order valence-electron chi connectivity index (χ1n) is 21.0. The third-order valence-corrected chi connectivity index (χ3v) is 16.1. The van der Waals surface area contributed by atoms with Gasteiger partial charge >= 0.3 is 8.16 Å². The van der Waals surface area contributed by atoms with E-state index in [1.807, 2.05) is 0 Å². The Morgan fingerprint density at radius 3 is 1.38 bits per heavy atom. The van der Waals surface area contributed by atoms with Crippen LogP contribution in [0.5, 0.6) is 0 Å². The second kappa shape index (κ2) is 15.4. The average Bonchev–Trinajstić information content (AvgIpc) is 3.49. The van der Waals surface area contributed by atoms with Gasteiger partial charge < -0.3 is 8.39 Å². The third kappa shape index (κ3) is 6.31. The molecule has 5 heteroatoms. The molecule has 11 aromatic rings. The van der Waals surface area contributed by atoms with Crippen LogP contribution >= 0.6 is 16.1 Å². The summed E-state index contributed by atoms with van der Waals surface area (Å²) in [5, 5.41) is 15.6. The molecule has 0 N–H and O–H groups in total. The number of aryl methyl sites for hydroxylation is 2. The lowest BCUT2D eigenvalue weighted by molar-refractivity contribution is 0.631. The van der Waals surface area contributed by atoms with Gasteiger partial charge in [-0.2, -0.15) is 0 Å². The molecular formula is C56H43NO2P2. The van der Waals surface area contributed by atoms with E-state index in [1.54, 1.807) is 0 Å². The molecule has 3 nitrogen and oxygen atoms in total. The summed E-state index contributed by atoms with van der Waals surface area (Å²) in [6.45, 7) is 7.24. The Bertz CT molecular complexity index is 3360. The number of fused-ring (bicyclic) bond motifs is 9. The molecule has 0 unspecified atom stereocenters. The van der Waals surface area contributed by atoms with E-state index < -0.39 is 16.1 Å². The Balaban J connectivity index is 1.28. The van der Waals surface area contributed by atoms with Crippen molar-refractivity contribution >= 4 is 103 Å². The van der Waals surface area contributed by atoms with Crippen LogP contribution in [0.1, 0.15) is 18.1 Å². The minimum atomic E-state index is -1.73. The van der Waals surface area contributed by atoms with Gasteiger partial charge in [-0.05, 0) is 117 Å². The van der Waals surface area contributed by atoms with E-state index in [0.29, 0.717) is 6.54 Å². The number of rotatable bonds is 7. The van der Waals surface area contributed by atoms with Crippen LogP contribution < -0.4 is 20.6 Å². The van der Waals surface area contributed by atoms with Crippen molar-refractivity contribution in [2.75, 3.05) is 11.2 Å². The molecule has 11 rings (SSSR count). The van der Waals surface area contributed by atoms with Gasteiger partial charge in [0.15, 0.2) is 0 Å². The zero-order chi connectivity index (χ0) is 41.0. The van der Waals surface area contributed by atoms with Crippen molar-refractivity contribution in [2.24, 2.45) is 0 Å². The molecule has 0 aliphatic rings. The quantitative estimate of drug-likeness (QED) is 0.150. The minimum absolute atomic E-state index is 0.660. The summed E-state index contributed by atoms with van der Waals surface area (Å²) >= 11 is 0. The normalized spacial score (nSPS) is 11.7. The molecule has 0 radical (unpaired) electrons. The second-order valence-corrected chi connectivity index (χ2v) is 19.3. The molecule has 294 valence electrons. The van der Waals surface area contributed by atoms with Gasteiger partial charge in [-0.1, -0.05) is 176 Å². The highest BCUT2D eigenvalue weighted by molar-refractivity contribution is 7.80. The monoisotopic (exact) mass is 823 g/mol. The highest BCUT2D eigenvalue weighted by atomic mass is 31.1. The zero-order valence-corrected chi connectivity index (χ0v) is 36.1. The summed E-state index contributed by atoms with van der Waals surface area (Å²) < 4.78 is 17.3. The highest BCUT2D eigenvalue weighted by Gasteiger charge is 2.28. The van der Waals surface area contributed by atoms with E-state index in [1.165, 1.54) is 59.4 Å². The van der Waals surface area contributed by atoms with Crippen LogP contribution in [0.3, 0.4) is 0 Å². The van der Waals surface area contributed by atoms with Gasteiger partial charge in [-0.3, -0.25) is 4.67 Å². The number of nitrogens with zero attached hydrogens (tertiary/aromatic N) is 1. The molecule has 0 atom stereocenters. The number of hydrogen-bond donors (Lipinski definition) is 0. The molecule has 0 aliphatic heterocycles. The maximum atomic E-state index is 7.47. The Labute approximate surface area is 357 Å². The molecular weight excluding hydrogens is 781 g/mol. The van der Waals surface area contributed by atoms with E-state index in [4.69, 9.17) is 8.39 Å². The van der Waals surface area contributed by atoms with Gasteiger partial charge in [0.1, 0.15) is 11.2 Å². The van der Waals surface area contributed by atoms with Gasteiger partial charge in [0.2, 0.25) is 0 Å². The zero-order valence-electron chi connectivity index (χ0n) is 34.3. The molecule has 10 aromatic carbocycles. The van der Waals surface area contributed by atoms with Crippen LogP contribution in [-0.2, 0) is 0 Å². The summed E-state index contributed by atoms with van der Waals surface area (Å²) in [7, 11) is -2.70. The Kier molecular flexibility index (Phi) is 9.46. The second-order valence-electron chi connectivity index (χ2n) is 15.7. The average molecular weight is 824 g/mol. The van der Waals surface area contributed by atoms with Gasteiger partial charge in [0, 0.05) is 28.4 Å². The molecule has 0 bridgehead atoms. The molecule has 0 aliphatic carbocycles. The lowest BCUT2D eigenvalue weighted by atomic mass is 9.92. The lowest BCUT2D eigenvalue weighted by Gasteiger charge is -2.28. The summed E-state index contributed by atoms with van der Waals surface area (Å²) in [5.41, 5.74) is 7.46. The maximum absolute atomic E-state index is 7.47. The molecule has 61 heavy (non-hydrogen) atoms. The predicted molar refractivity (Wildman–Crippen MR) is 265 cm³/mol. The smallest absolute Gasteiger partial charge is 0.341 e. The topological polar surface area (TPSA) is 29.5 Å². The van der Waals surface area contributed by atoms with Crippen molar-refractivity contribution in [3.8, 4) is 11.1 Å². The molecule has 0 saturated carbocycles. The van der Waals surface area contributed by atoms with Crippen molar-refractivity contribution in [1.82, 2.24) is 0 Å². The van der Waals surface area contributed by atoms with Crippen LogP contribution in [0, 0.1) is 13.8 Å². The van der Waals surface area contributed by atoms with E-state index >= 15 is 0 Å². The van der Waals surface area contributed by atoms with Gasteiger partial charge in [0.25, 0.3) is 0 Å². The molecule has 0 saturated heterocycles. The van der Waals surface area contributed by atoms with E-state index in [-0.39, 0.29) is 0 Å². The fraction of sp³-hybridized carbons (Fsp3) is 0.0714. The number of anilines is 1. The summed E-state index contributed by atoms with van der Waals surface area (Å²) in [6.07, 6.45) is 0. The maximum Gasteiger partial charge on any atom is 0.341 e. The number of benzene rings is 10. The third-order valence-electron chi connectivity index (χ3n) is 12.1. The van der Waals surface area contributed by atoms with Crippen molar-refractivity contribution in [3.05, 3.63) is 205 Å². The van der Waals surface area contributed by atoms with Gasteiger partial charge in [0.05, 0.1) is 5.69 Å². The first-order chi connectivity index (χ1) is 30.1. The van der Waals surface area contributed by atoms with E-state index in [0.717, 1.165) is 49.5 Å². The van der Waals surface area contributed by atoms with Crippen molar-refractivity contribution in [3.63, 3.8) is 0 Å². The molecule has 1 aromatic heterocycles. The van der Waals surface area contributed by atoms with Crippen LogP contribution in [0.2, 0.25) is 0 Å². The van der Waals surface area contributed by atoms with Crippen LogP contribution in [0.25, 0.3) is 76.2 Å². The van der Waals surface area contributed by atoms with Crippen LogP contribution in [0.15, 0.2) is 203 Å². The standard InChI is InChI=1S/C56H43NO2P2/c1-4-57(61-58-55-37(2)35-41-21-13-17-29-47(41)53(55)54-48-30-18-14-22-42(48)36-38(3)56(54)59-61)49-33-31-39-19-11-15-27-45(39)51(49)52-46-28-16-12-20-40(46)32-34-50(52)60(43-23-7-5-8-24-43)44-25-9-6-10-26-44/h5-36H,4H2,1-3H3. The van der Waals surface area contributed by atoms with Crippen molar-refractivity contribution in [1.29, 1.82) is 0 Å². The SMILES string of the molecule is CCN(c1ccc2ccccc2c1-c1c(P(c2ccccc2)c2ccccc2)ccc2ccccc12)p1oc2c(C)cc3ccccc3c2c2c(o1)c(C)cc1ccccc12. The fourth-order valence-electron chi connectivity index (χ4n) is 9.34. The fourth-order valence-corrected chi connectivity index (χ4v) is 13.4. The Morgan fingerprint density at radius 1 is 0.443 bits per heavy atom. The molecule has 0 spiro atoms. The minimum Gasteiger partial charge on any atom is -0.403 e. The lowest BCUT2D eigenvalue weighted by Crippen LogP contribution is -2.23. The summed E-state index contributed by atoms with van der Waals surface area (Å²) in [5.74, 6) is 0. The van der Waals surface area contributed by atoms with Crippen molar-refractivity contribution < 1.29 is 8.39 Å².